The minimum absolute atomic E-state index is 0. The summed E-state index contributed by atoms with van der Waals surface area (Å²) in [6, 6.07) is 0. The van der Waals surface area contributed by atoms with Crippen LogP contribution >= 0.6 is 0 Å². The molecule has 0 rings (SSSR count). The molecule has 0 saturated heterocycles. The van der Waals surface area contributed by atoms with Gasteiger partial charge in [-0.3, -0.25) is 0 Å². The van der Waals surface area contributed by atoms with Gasteiger partial charge in [0.05, 0.1) is 0 Å². The van der Waals surface area contributed by atoms with Crippen LogP contribution in [0.1, 0.15) is 0 Å². The minimum atomic E-state index is 0. The molecule has 0 spiro atoms. The molecule has 0 saturated carbocycles. The van der Waals surface area contributed by atoms with Crippen LogP contribution in [0.5, 0.6) is 0 Å². The monoisotopic (exact) mass is 168 g/mol. The van der Waals surface area contributed by atoms with Gasteiger partial charge in [0.25, 0.3) is 0 Å². The van der Waals surface area contributed by atoms with E-state index in [1.54, 1.807) is 0 Å². The Labute approximate surface area is 91.7 Å². The van der Waals surface area contributed by atoms with Gasteiger partial charge in [-0.15, -0.1) is 0 Å². The molecule has 0 aliphatic carbocycles. The topological polar surface area (TPSA) is 85.5 Å². The Bertz CT molecular complexity index is 8.75. The summed E-state index contributed by atoms with van der Waals surface area (Å²) in [5, 5.41) is 0. The van der Waals surface area contributed by atoms with E-state index in [9.17, 15) is 0 Å². The average molecular weight is 167 g/mol. The molecule has 0 aliphatic heterocycles. The molecule has 0 aliphatic rings. The predicted molar refractivity (Wildman–Crippen MR) is 7.81 cm³/mol. The van der Waals surface area contributed by atoms with E-state index in [1.165, 1.54) is 0 Å². The van der Waals surface area contributed by atoms with Gasteiger partial charge in [-0.25, -0.2) is 0 Å². The first kappa shape index (κ1) is 79.1. The summed E-state index contributed by atoms with van der Waals surface area (Å²) in [6.07, 6.45) is 0. The van der Waals surface area contributed by atoms with E-state index in [0.29, 0.717) is 0 Å². The molecule has 0 bridgehead atoms. The Morgan fingerprint density at radius 1 is 0.500 bits per heavy atom. The van der Waals surface area contributed by atoms with Crippen molar-refractivity contribution in [2.45, 2.75) is 0 Å². The van der Waals surface area contributed by atoms with Crippen LogP contribution in [0, 0.1) is 0 Å². The molecule has 0 fully saturated rings. The Hall–Kier alpha value is 2.42. The van der Waals surface area contributed by atoms with E-state index >= 15 is 0 Å². The van der Waals surface area contributed by atoms with Crippen molar-refractivity contribution in [3.63, 3.8) is 0 Å². The molecule has 0 N–H and O–H groups in total. The molecule has 0 atom stereocenters. The van der Waals surface area contributed by atoms with Gasteiger partial charge in [0.1, 0.15) is 0 Å². The molecular weight excluding hydrogens is 167 g/mol. The van der Waals surface area contributed by atoms with Gasteiger partial charge in [0.2, 0.25) is 0 Å². The average Bonchev–Trinajstić information content (AvgIpc) is 0. The largest absolute Gasteiger partial charge is 4.00 e. The molecule has 6 heavy (non-hydrogen) atoms. The van der Waals surface area contributed by atoms with E-state index in [0.717, 1.165) is 0 Å². The van der Waals surface area contributed by atoms with E-state index < -0.39 is 0 Å². The van der Waals surface area contributed by atoms with Gasteiger partial charge in [-0.1, -0.05) is 0 Å². The minimum Gasteiger partial charge on any atom is -2.00 e. The maximum Gasteiger partial charge on any atom is 4.00 e. The van der Waals surface area contributed by atoms with Crippen LogP contribution in [0.25, 0.3) is 0 Å². The van der Waals surface area contributed by atoms with Gasteiger partial charge >= 0.3 is 76.7 Å². The SMILES string of the molecule is [Ge+4].[Na+].[Na+].[O-2].[O-2].[O-2]. The van der Waals surface area contributed by atoms with Crippen LogP contribution in [-0.4, -0.2) is 17.6 Å². The van der Waals surface area contributed by atoms with Gasteiger partial charge in [-0.05, 0) is 0 Å². The molecule has 0 aromatic carbocycles. The van der Waals surface area contributed by atoms with Gasteiger partial charge in [0, 0.05) is 0 Å². The van der Waals surface area contributed by atoms with Crippen LogP contribution < -0.4 is 59.1 Å². The van der Waals surface area contributed by atoms with E-state index in [4.69, 9.17) is 0 Å². The predicted octanol–water partition coefficient (Wildman–Crippen LogP) is -6.73. The molecule has 0 amide bonds. The third-order valence-corrected chi connectivity index (χ3v) is 0. The second-order valence-electron chi connectivity index (χ2n) is 0. The van der Waals surface area contributed by atoms with Crippen molar-refractivity contribution in [2.24, 2.45) is 0 Å². The molecular formula is GeNa2O3. The quantitative estimate of drug-likeness (QED) is 0.321. The Morgan fingerprint density at radius 3 is 0.500 bits per heavy atom. The summed E-state index contributed by atoms with van der Waals surface area (Å²) in [7, 11) is 0. The molecule has 24 valence electrons. The number of hydrogen-bond donors (Lipinski definition) is 0. The maximum absolute atomic E-state index is 0. The summed E-state index contributed by atoms with van der Waals surface area (Å²) in [5.41, 5.74) is 0. The summed E-state index contributed by atoms with van der Waals surface area (Å²) < 4.78 is 0. The Morgan fingerprint density at radius 2 is 0.500 bits per heavy atom. The van der Waals surface area contributed by atoms with Gasteiger partial charge < -0.3 is 16.4 Å². The van der Waals surface area contributed by atoms with E-state index in [-0.39, 0.29) is 93.1 Å². The second kappa shape index (κ2) is 52.2. The van der Waals surface area contributed by atoms with Crippen molar-refractivity contribution in [3.05, 3.63) is 0 Å². The molecule has 0 aromatic rings. The van der Waals surface area contributed by atoms with Crippen LogP contribution in [0.15, 0.2) is 0 Å². The fraction of sp³-hybridized carbons (Fsp3) is 0. The van der Waals surface area contributed by atoms with Crippen LogP contribution in [0.3, 0.4) is 0 Å². The molecule has 0 radical (unpaired) electrons. The van der Waals surface area contributed by atoms with Gasteiger partial charge in [0.15, 0.2) is 0 Å². The standard InChI is InChI=1S/Ge.2Na.3O/q+4;2*+1;3*-2. The normalized spacial score (nSPS) is 0. The maximum atomic E-state index is 0. The van der Waals surface area contributed by atoms with E-state index in [2.05, 4.69) is 0 Å². The summed E-state index contributed by atoms with van der Waals surface area (Å²) in [5.74, 6) is 0. The third-order valence-electron chi connectivity index (χ3n) is 0. The summed E-state index contributed by atoms with van der Waals surface area (Å²) >= 11 is 0. The van der Waals surface area contributed by atoms with Crippen molar-refractivity contribution in [2.75, 3.05) is 0 Å². The van der Waals surface area contributed by atoms with Gasteiger partial charge in [-0.2, -0.15) is 0 Å². The third kappa shape index (κ3) is 32.2. The molecule has 3 nitrogen and oxygen atoms in total. The van der Waals surface area contributed by atoms with Crippen molar-refractivity contribution >= 4 is 17.6 Å². The van der Waals surface area contributed by atoms with Crippen LogP contribution in [0.2, 0.25) is 0 Å². The van der Waals surface area contributed by atoms with Crippen molar-refractivity contribution < 1.29 is 75.5 Å². The number of rotatable bonds is 0. The molecule has 0 heterocycles. The smallest absolute Gasteiger partial charge is 2.00 e. The zero-order valence-corrected chi connectivity index (χ0v) is 9.82. The zero-order chi connectivity index (χ0) is 0. The number of hydrogen-bond acceptors (Lipinski definition) is 0. The first-order chi connectivity index (χ1) is 0. The summed E-state index contributed by atoms with van der Waals surface area (Å²) in [6.45, 7) is 0. The fourth-order valence-corrected chi connectivity index (χ4v) is 0. The molecule has 6 heteroatoms. The van der Waals surface area contributed by atoms with Crippen LogP contribution in [0.4, 0.5) is 0 Å². The summed E-state index contributed by atoms with van der Waals surface area (Å²) in [4.78, 5) is 0. The van der Waals surface area contributed by atoms with Crippen LogP contribution in [-0.2, 0) is 16.4 Å². The van der Waals surface area contributed by atoms with Crippen molar-refractivity contribution in [3.8, 4) is 0 Å². The molecule has 0 aromatic heterocycles. The Balaban J connectivity index is 0. The Kier molecular flexibility index (Phi) is 687. The first-order valence-electron chi connectivity index (χ1n) is 0. The fourth-order valence-electron chi connectivity index (χ4n) is 0. The second-order valence-corrected chi connectivity index (χ2v) is 0. The van der Waals surface area contributed by atoms with E-state index in [1.807, 2.05) is 0 Å². The first-order valence-corrected chi connectivity index (χ1v) is 0. The van der Waals surface area contributed by atoms with Crippen molar-refractivity contribution in [1.82, 2.24) is 0 Å². The molecule has 0 unspecified atom stereocenters. The van der Waals surface area contributed by atoms with Crippen molar-refractivity contribution in [1.29, 1.82) is 0 Å². The zero-order valence-electron chi connectivity index (χ0n) is 3.72.